The summed E-state index contributed by atoms with van der Waals surface area (Å²) < 4.78 is 0. The molecule has 1 aliphatic rings. The van der Waals surface area contributed by atoms with E-state index in [4.69, 9.17) is 12.2 Å². The van der Waals surface area contributed by atoms with Crippen molar-refractivity contribution >= 4 is 58.8 Å². The van der Waals surface area contributed by atoms with Crippen LogP contribution in [0.2, 0.25) is 0 Å². The standard InChI is InChI=1S/C26H24N6O3S/c1-16-22(27-25(29-28-16)32-24(35)15-23(34)31(17(2)33)26(32)36)14-11-18-7-5-6-8-21(18)19-9-12-20(13-10-19)30(3)4/h5-14H,15H2,1-4H3. The molecule has 0 N–H and O–H groups in total. The molecule has 3 amide bonds. The molecule has 10 heteroatoms. The quantitative estimate of drug-likeness (QED) is 0.388. The Morgan fingerprint density at radius 3 is 2.36 bits per heavy atom. The Bertz CT molecular complexity index is 1400. The molecule has 3 aromatic rings. The van der Waals surface area contributed by atoms with Crippen molar-refractivity contribution in [3.8, 4) is 11.1 Å². The number of carbonyl (C=O) groups is 3. The van der Waals surface area contributed by atoms with E-state index in [1.165, 1.54) is 6.92 Å². The van der Waals surface area contributed by atoms with Gasteiger partial charge in [-0.25, -0.2) is 14.8 Å². The van der Waals surface area contributed by atoms with Gasteiger partial charge in [-0.2, -0.15) is 0 Å². The third kappa shape index (κ3) is 4.89. The van der Waals surface area contributed by atoms with Crippen LogP contribution in [0.1, 0.15) is 30.3 Å². The van der Waals surface area contributed by atoms with Crippen molar-refractivity contribution in [3.63, 3.8) is 0 Å². The molecule has 182 valence electrons. The zero-order chi connectivity index (χ0) is 26.0. The highest BCUT2D eigenvalue weighted by Gasteiger charge is 2.39. The van der Waals surface area contributed by atoms with Gasteiger partial charge >= 0.3 is 0 Å². The molecular formula is C26H24N6O3S. The van der Waals surface area contributed by atoms with Gasteiger partial charge in [-0.15, -0.1) is 10.2 Å². The van der Waals surface area contributed by atoms with Crippen molar-refractivity contribution in [1.82, 2.24) is 20.1 Å². The monoisotopic (exact) mass is 500 g/mol. The molecule has 9 nitrogen and oxygen atoms in total. The lowest BCUT2D eigenvalue weighted by Gasteiger charge is -2.31. The molecule has 4 rings (SSSR count). The van der Waals surface area contributed by atoms with Gasteiger partial charge in [-0.1, -0.05) is 42.5 Å². The first-order valence-electron chi connectivity index (χ1n) is 11.1. The van der Waals surface area contributed by atoms with Gasteiger partial charge in [0.2, 0.25) is 17.7 Å². The summed E-state index contributed by atoms with van der Waals surface area (Å²) in [5, 5.41) is 7.83. The topological polar surface area (TPSA) is 99.6 Å². The molecule has 36 heavy (non-hydrogen) atoms. The number of aryl methyl sites for hydroxylation is 1. The van der Waals surface area contributed by atoms with E-state index in [0.29, 0.717) is 11.4 Å². The number of hydrogen-bond acceptors (Lipinski definition) is 8. The molecule has 1 fully saturated rings. The van der Waals surface area contributed by atoms with Crippen molar-refractivity contribution in [2.75, 3.05) is 23.9 Å². The van der Waals surface area contributed by atoms with E-state index in [2.05, 4.69) is 39.4 Å². The average molecular weight is 501 g/mol. The predicted octanol–water partition coefficient (Wildman–Crippen LogP) is 3.48. The Hall–Kier alpha value is -4.31. The number of benzene rings is 2. The van der Waals surface area contributed by atoms with Crippen molar-refractivity contribution in [2.24, 2.45) is 0 Å². The number of imide groups is 1. The molecule has 0 unspecified atom stereocenters. The van der Waals surface area contributed by atoms with Crippen LogP contribution in [0.15, 0.2) is 48.5 Å². The SMILES string of the molecule is CC(=O)N1C(=O)CC(=O)N(c2nnc(C)c(C=Cc3ccccc3-c3ccc(N(C)C)cc3)n2)C1=S. The van der Waals surface area contributed by atoms with Gasteiger partial charge < -0.3 is 4.90 Å². The Balaban J connectivity index is 1.67. The second kappa shape index (κ2) is 10.1. The Morgan fingerprint density at radius 1 is 1.00 bits per heavy atom. The first-order valence-corrected chi connectivity index (χ1v) is 11.5. The summed E-state index contributed by atoms with van der Waals surface area (Å²) in [6, 6.07) is 16.2. The normalized spacial score (nSPS) is 14.1. The number of hydrogen-bond donors (Lipinski definition) is 0. The van der Waals surface area contributed by atoms with Crippen molar-refractivity contribution in [2.45, 2.75) is 20.3 Å². The Labute approximate surface area is 214 Å². The minimum absolute atomic E-state index is 0.0958. The summed E-state index contributed by atoms with van der Waals surface area (Å²) in [6.07, 6.45) is 3.19. The van der Waals surface area contributed by atoms with E-state index in [-0.39, 0.29) is 11.1 Å². The molecule has 0 saturated carbocycles. The van der Waals surface area contributed by atoms with Crippen LogP contribution in [0.25, 0.3) is 23.3 Å². The van der Waals surface area contributed by atoms with Crippen LogP contribution >= 0.6 is 12.2 Å². The smallest absolute Gasteiger partial charge is 0.259 e. The number of thiocarbonyl (C=S) groups is 1. The predicted molar refractivity (Wildman–Crippen MR) is 142 cm³/mol. The van der Waals surface area contributed by atoms with Gasteiger partial charge in [0, 0.05) is 26.7 Å². The molecule has 0 bridgehead atoms. The maximum atomic E-state index is 12.6. The molecular weight excluding hydrogens is 476 g/mol. The summed E-state index contributed by atoms with van der Waals surface area (Å²) >= 11 is 5.24. The molecule has 0 atom stereocenters. The fraction of sp³-hybridized carbons (Fsp3) is 0.192. The highest BCUT2D eigenvalue weighted by Crippen LogP contribution is 2.27. The van der Waals surface area contributed by atoms with Crippen LogP contribution < -0.4 is 9.80 Å². The van der Waals surface area contributed by atoms with Crippen LogP contribution in [-0.2, 0) is 14.4 Å². The third-order valence-corrected chi connectivity index (χ3v) is 6.02. The second-order valence-corrected chi connectivity index (χ2v) is 8.75. The van der Waals surface area contributed by atoms with Crippen LogP contribution in [0.4, 0.5) is 11.6 Å². The summed E-state index contributed by atoms with van der Waals surface area (Å²) in [5.41, 5.74) is 5.20. The van der Waals surface area contributed by atoms with E-state index >= 15 is 0 Å². The van der Waals surface area contributed by atoms with E-state index in [1.807, 2.05) is 49.3 Å². The lowest BCUT2D eigenvalue weighted by molar-refractivity contribution is -0.141. The van der Waals surface area contributed by atoms with Crippen molar-refractivity contribution in [3.05, 3.63) is 65.5 Å². The molecule has 2 heterocycles. The molecule has 1 aliphatic heterocycles. The van der Waals surface area contributed by atoms with Crippen LogP contribution in [-0.4, -0.2) is 57.0 Å². The minimum atomic E-state index is -0.677. The average Bonchev–Trinajstić information content (AvgIpc) is 2.84. The number of carbonyl (C=O) groups excluding carboxylic acids is 3. The first kappa shape index (κ1) is 24.8. The molecule has 0 spiro atoms. The summed E-state index contributed by atoms with van der Waals surface area (Å²) in [4.78, 5) is 44.8. The van der Waals surface area contributed by atoms with Crippen molar-refractivity contribution in [1.29, 1.82) is 0 Å². The lowest BCUT2D eigenvalue weighted by Crippen LogP contribution is -2.57. The number of amides is 3. The minimum Gasteiger partial charge on any atom is -0.378 e. The van der Waals surface area contributed by atoms with E-state index in [1.54, 1.807) is 13.0 Å². The highest BCUT2D eigenvalue weighted by molar-refractivity contribution is 7.80. The largest absolute Gasteiger partial charge is 0.378 e. The van der Waals surface area contributed by atoms with E-state index in [0.717, 1.165) is 32.2 Å². The summed E-state index contributed by atoms with van der Waals surface area (Å²) in [7, 11) is 4.00. The van der Waals surface area contributed by atoms with Gasteiger partial charge in [-0.05, 0) is 54.0 Å². The van der Waals surface area contributed by atoms with Gasteiger partial charge in [0.15, 0.2) is 5.11 Å². The van der Waals surface area contributed by atoms with Gasteiger partial charge in [0.25, 0.3) is 5.95 Å². The summed E-state index contributed by atoms with van der Waals surface area (Å²) in [5.74, 6) is -1.97. The maximum absolute atomic E-state index is 12.6. The number of aromatic nitrogens is 3. The molecule has 2 aromatic carbocycles. The Kier molecular flexibility index (Phi) is 6.98. The van der Waals surface area contributed by atoms with Gasteiger partial charge in [0.1, 0.15) is 6.42 Å². The first-order chi connectivity index (χ1) is 17.2. The summed E-state index contributed by atoms with van der Waals surface area (Å²) in [6.45, 7) is 2.95. The Morgan fingerprint density at radius 2 is 1.69 bits per heavy atom. The van der Waals surface area contributed by atoms with Gasteiger partial charge in [0.05, 0.1) is 11.4 Å². The molecule has 0 radical (unpaired) electrons. The second-order valence-electron chi connectivity index (χ2n) is 8.38. The molecule has 1 saturated heterocycles. The maximum Gasteiger partial charge on any atom is 0.259 e. The fourth-order valence-corrected chi connectivity index (χ4v) is 4.17. The number of nitrogens with zero attached hydrogens (tertiary/aromatic N) is 6. The van der Waals surface area contributed by atoms with Gasteiger partial charge in [-0.3, -0.25) is 14.4 Å². The third-order valence-electron chi connectivity index (χ3n) is 5.66. The van der Waals surface area contributed by atoms with E-state index in [9.17, 15) is 14.4 Å². The fourth-order valence-electron chi connectivity index (χ4n) is 3.76. The highest BCUT2D eigenvalue weighted by atomic mass is 32.1. The number of anilines is 2. The van der Waals surface area contributed by atoms with Crippen molar-refractivity contribution < 1.29 is 14.4 Å². The van der Waals surface area contributed by atoms with Crippen LogP contribution in [0.5, 0.6) is 0 Å². The number of rotatable bonds is 5. The molecule has 1 aromatic heterocycles. The lowest BCUT2D eigenvalue weighted by atomic mass is 9.99. The van der Waals surface area contributed by atoms with E-state index < -0.39 is 24.1 Å². The molecule has 0 aliphatic carbocycles. The zero-order valence-corrected chi connectivity index (χ0v) is 21.1. The van der Waals surface area contributed by atoms with Crippen LogP contribution in [0, 0.1) is 6.92 Å². The zero-order valence-electron chi connectivity index (χ0n) is 20.3. The van der Waals surface area contributed by atoms with Crippen LogP contribution in [0.3, 0.4) is 0 Å².